The van der Waals surface area contributed by atoms with Crippen LogP contribution in [0.1, 0.15) is 39.5 Å². The minimum Gasteiger partial charge on any atom is -0.870 e. The molecule has 0 amide bonds. The third-order valence-corrected chi connectivity index (χ3v) is 2.35. The summed E-state index contributed by atoms with van der Waals surface area (Å²) in [6, 6.07) is 0. The third kappa shape index (κ3) is 9.84. The van der Waals surface area contributed by atoms with Crippen LogP contribution in [0.15, 0.2) is 0 Å². The number of quaternary nitrogens is 1. The highest BCUT2D eigenvalue weighted by molar-refractivity contribution is 4.55. The topological polar surface area (TPSA) is 30.0 Å². The summed E-state index contributed by atoms with van der Waals surface area (Å²) in [6.45, 7) is 5.92. The smallest absolute Gasteiger partial charge is 0.0808 e. The van der Waals surface area contributed by atoms with Crippen molar-refractivity contribution in [2.75, 3.05) is 27.7 Å². The molecule has 0 saturated heterocycles. The minimum absolute atomic E-state index is 0. The molecular weight excluding hydrogens is 162 g/mol. The van der Waals surface area contributed by atoms with Crippen molar-refractivity contribution in [3.63, 3.8) is 0 Å². The lowest BCUT2D eigenvalue weighted by atomic mass is 9.98. The highest BCUT2D eigenvalue weighted by atomic mass is 16.0. The molecule has 1 N–H and O–H groups in total. The minimum atomic E-state index is 0. The van der Waals surface area contributed by atoms with Crippen molar-refractivity contribution in [1.82, 2.24) is 0 Å². The van der Waals surface area contributed by atoms with Crippen LogP contribution in [0.4, 0.5) is 0 Å². The highest BCUT2D eigenvalue weighted by Gasteiger charge is 2.15. The van der Waals surface area contributed by atoms with E-state index in [0.717, 1.165) is 10.4 Å². The van der Waals surface area contributed by atoms with E-state index in [2.05, 4.69) is 35.0 Å². The van der Waals surface area contributed by atoms with Crippen LogP contribution in [0, 0.1) is 5.92 Å². The van der Waals surface area contributed by atoms with Crippen LogP contribution < -0.4 is 0 Å². The summed E-state index contributed by atoms with van der Waals surface area (Å²) in [6.07, 6.45) is 5.50. The average Bonchev–Trinajstić information content (AvgIpc) is 1.95. The standard InChI is InChI=1S/C11H26N.H2O/c1-6-8-9-11(7-2)10-12(3,4)5;/h11H,6-10H2,1-5H3;1H2/q+1;/p-1. The Bertz CT molecular complexity index is 107. The molecule has 0 rings (SSSR count). The summed E-state index contributed by atoms with van der Waals surface area (Å²) in [5, 5.41) is 0. The van der Waals surface area contributed by atoms with E-state index >= 15 is 0 Å². The maximum Gasteiger partial charge on any atom is 0.0808 e. The van der Waals surface area contributed by atoms with Gasteiger partial charge in [-0.25, -0.2) is 0 Å². The van der Waals surface area contributed by atoms with Gasteiger partial charge in [0.15, 0.2) is 0 Å². The SMILES string of the molecule is CCCCC(CC)C[N+](C)(C)C.[OH-]. The number of unbranched alkanes of at least 4 members (excludes halogenated alkanes) is 1. The monoisotopic (exact) mass is 189 g/mol. The third-order valence-electron chi connectivity index (χ3n) is 2.35. The molecule has 2 nitrogen and oxygen atoms in total. The Morgan fingerprint density at radius 2 is 1.62 bits per heavy atom. The lowest BCUT2D eigenvalue weighted by molar-refractivity contribution is -0.874. The van der Waals surface area contributed by atoms with Crippen molar-refractivity contribution in [2.45, 2.75) is 39.5 Å². The molecule has 13 heavy (non-hydrogen) atoms. The molecule has 0 aliphatic rings. The number of hydrogen-bond acceptors (Lipinski definition) is 1. The summed E-state index contributed by atoms with van der Waals surface area (Å²) < 4.78 is 1.11. The molecule has 0 aromatic heterocycles. The lowest BCUT2D eigenvalue weighted by Crippen LogP contribution is -2.39. The Balaban J connectivity index is 0. The van der Waals surface area contributed by atoms with Crippen molar-refractivity contribution in [3.8, 4) is 0 Å². The van der Waals surface area contributed by atoms with Gasteiger partial charge >= 0.3 is 0 Å². The van der Waals surface area contributed by atoms with Crippen LogP contribution in [0.3, 0.4) is 0 Å². The van der Waals surface area contributed by atoms with Gasteiger partial charge < -0.3 is 9.96 Å². The molecule has 1 atom stereocenters. The van der Waals surface area contributed by atoms with E-state index in [0.29, 0.717) is 0 Å². The van der Waals surface area contributed by atoms with E-state index < -0.39 is 0 Å². The van der Waals surface area contributed by atoms with Gasteiger partial charge in [-0.3, -0.25) is 0 Å². The van der Waals surface area contributed by atoms with Crippen molar-refractivity contribution in [1.29, 1.82) is 0 Å². The van der Waals surface area contributed by atoms with Gasteiger partial charge in [-0.15, -0.1) is 0 Å². The quantitative estimate of drug-likeness (QED) is 0.591. The van der Waals surface area contributed by atoms with Crippen molar-refractivity contribution in [2.24, 2.45) is 5.92 Å². The van der Waals surface area contributed by atoms with Crippen LogP contribution in [-0.4, -0.2) is 37.6 Å². The molecule has 0 aliphatic carbocycles. The molecule has 0 heterocycles. The van der Waals surface area contributed by atoms with Crippen LogP contribution in [0.25, 0.3) is 0 Å². The van der Waals surface area contributed by atoms with Gasteiger partial charge in [0.1, 0.15) is 0 Å². The van der Waals surface area contributed by atoms with Gasteiger partial charge in [-0.05, 0) is 12.8 Å². The molecule has 2 heteroatoms. The Morgan fingerprint density at radius 1 is 1.08 bits per heavy atom. The Hall–Kier alpha value is -0.0800. The Labute approximate surface area is 83.8 Å². The highest BCUT2D eigenvalue weighted by Crippen LogP contribution is 2.15. The van der Waals surface area contributed by atoms with Gasteiger partial charge in [0.25, 0.3) is 0 Å². The molecule has 0 saturated carbocycles. The summed E-state index contributed by atoms with van der Waals surface area (Å²) in [5.74, 6) is 0.935. The summed E-state index contributed by atoms with van der Waals surface area (Å²) >= 11 is 0. The first-order valence-corrected chi connectivity index (χ1v) is 5.30. The largest absolute Gasteiger partial charge is 0.870 e. The molecule has 1 unspecified atom stereocenters. The van der Waals surface area contributed by atoms with Gasteiger partial charge in [0.05, 0.1) is 27.7 Å². The first-order valence-electron chi connectivity index (χ1n) is 5.30. The number of hydrogen-bond donors (Lipinski definition) is 0. The molecule has 0 spiro atoms. The Kier molecular flexibility index (Phi) is 8.69. The first-order chi connectivity index (χ1) is 5.49. The fourth-order valence-electron chi connectivity index (χ4n) is 1.69. The second kappa shape index (κ2) is 7.34. The summed E-state index contributed by atoms with van der Waals surface area (Å²) in [4.78, 5) is 0. The fraction of sp³-hybridized carbons (Fsp3) is 1.00. The summed E-state index contributed by atoms with van der Waals surface area (Å²) in [5.41, 5.74) is 0. The van der Waals surface area contributed by atoms with E-state index in [9.17, 15) is 0 Å². The number of nitrogens with zero attached hydrogens (tertiary/aromatic N) is 1. The zero-order valence-electron chi connectivity index (χ0n) is 10.0. The summed E-state index contributed by atoms with van der Waals surface area (Å²) in [7, 11) is 6.86. The predicted molar refractivity (Wildman–Crippen MR) is 58.1 cm³/mol. The van der Waals surface area contributed by atoms with Crippen molar-refractivity contribution in [3.05, 3.63) is 0 Å². The van der Waals surface area contributed by atoms with Crippen LogP contribution in [0.5, 0.6) is 0 Å². The maximum atomic E-state index is 2.32. The maximum absolute atomic E-state index is 2.32. The van der Waals surface area contributed by atoms with Gasteiger partial charge in [-0.1, -0.05) is 26.7 Å². The predicted octanol–water partition coefficient (Wildman–Crippen LogP) is 2.73. The van der Waals surface area contributed by atoms with Crippen LogP contribution >= 0.6 is 0 Å². The van der Waals surface area contributed by atoms with Crippen LogP contribution in [0.2, 0.25) is 0 Å². The molecule has 0 aromatic carbocycles. The van der Waals surface area contributed by atoms with Crippen molar-refractivity contribution >= 4 is 0 Å². The molecule has 0 aromatic rings. The molecule has 0 bridgehead atoms. The first kappa shape index (κ1) is 15.4. The van der Waals surface area contributed by atoms with Gasteiger partial charge in [0, 0.05) is 5.92 Å². The zero-order valence-corrected chi connectivity index (χ0v) is 10.0. The number of rotatable bonds is 6. The second-order valence-corrected chi connectivity index (χ2v) is 4.89. The normalized spacial score (nSPS) is 13.6. The van der Waals surface area contributed by atoms with Gasteiger partial charge in [0.2, 0.25) is 0 Å². The van der Waals surface area contributed by atoms with E-state index in [1.165, 1.54) is 32.2 Å². The van der Waals surface area contributed by atoms with E-state index in [4.69, 9.17) is 0 Å². The zero-order chi connectivity index (χ0) is 9.61. The second-order valence-electron chi connectivity index (χ2n) is 4.89. The van der Waals surface area contributed by atoms with E-state index in [1.54, 1.807) is 0 Å². The Morgan fingerprint density at radius 3 is 1.92 bits per heavy atom. The van der Waals surface area contributed by atoms with Gasteiger partial charge in [-0.2, -0.15) is 0 Å². The van der Waals surface area contributed by atoms with Crippen molar-refractivity contribution < 1.29 is 9.96 Å². The average molecular weight is 189 g/mol. The molecular formula is C11H27NO. The molecule has 0 fully saturated rings. The van der Waals surface area contributed by atoms with Crippen LogP contribution in [-0.2, 0) is 0 Å². The fourth-order valence-corrected chi connectivity index (χ4v) is 1.69. The van der Waals surface area contributed by atoms with E-state index in [1.807, 2.05) is 0 Å². The molecule has 0 aliphatic heterocycles. The van der Waals surface area contributed by atoms with E-state index in [-0.39, 0.29) is 5.48 Å². The molecule has 82 valence electrons. The lowest BCUT2D eigenvalue weighted by Gasteiger charge is -2.28. The molecule has 0 radical (unpaired) electrons.